The number of hydrogen-bond donors (Lipinski definition) is 1. The Morgan fingerprint density at radius 3 is 2.92 bits per heavy atom. The summed E-state index contributed by atoms with van der Waals surface area (Å²) in [4.78, 5) is 23.1. The summed E-state index contributed by atoms with van der Waals surface area (Å²) in [7, 11) is 0. The van der Waals surface area contributed by atoms with Crippen molar-refractivity contribution in [3.05, 3.63) is 65.1 Å². The van der Waals surface area contributed by atoms with Crippen molar-refractivity contribution in [2.75, 3.05) is 0 Å². The van der Waals surface area contributed by atoms with Crippen LogP contribution in [-0.2, 0) is 19.4 Å². The highest BCUT2D eigenvalue weighted by Gasteiger charge is 2.33. The summed E-state index contributed by atoms with van der Waals surface area (Å²) in [5.41, 5.74) is 5.52. The number of amides is 1. The Kier molecular flexibility index (Phi) is 3.77. The standard InChI is InChI=1S/C22H23N3O/c26-22(18-12-16-3-1-2-4-20(16)24-13-18)25(19-6-7-19)14-15-5-8-21-17(11-15)9-10-23-21/h5,8-13,19,23H,1-4,6-7,14H2. The fourth-order valence-corrected chi connectivity index (χ4v) is 4.02. The number of carbonyl (C=O) groups is 1. The van der Waals surface area contributed by atoms with Gasteiger partial charge >= 0.3 is 0 Å². The topological polar surface area (TPSA) is 49.0 Å². The van der Waals surface area contributed by atoms with E-state index in [2.05, 4.69) is 40.3 Å². The van der Waals surface area contributed by atoms with Gasteiger partial charge in [0.1, 0.15) is 0 Å². The Morgan fingerprint density at radius 1 is 1.15 bits per heavy atom. The average Bonchev–Trinajstić information content (AvgIpc) is 3.42. The van der Waals surface area contributed by atoms with E-state index in [0.29, 0.717) is 12.6 Å². The summed E-state index contributed by atoms with van der Waals surface area (Å²) in [5, 5.41) is 1.20. The average molecular weight is 345 g/mol. The molecule has 1 aromatic carbocycles. The number of nitrogens with zero attached hydrogens (tertiary/aromatic N) is 2. The molecular formula is C22H23N3O. The first kappa shape index (κ1) is 15.6. The molecule has 2 aliphatic rings. The number of aryl methyl sites for hydroxylation is 2. The zero-order chi connectivity index (χ0) is 17.5. The summed E-state index contributed by atoms with van der Waals surface area (Å²) in [6.07, 6.45) is 10.5. The molecule has 0 spiro atoms. The lowest BCUT2D eigenvalue weighted by atomic mass is 9.95. The molecule has 1 N–H and O–H groups in total. The minimum Gasteiger partial charge on any atom is -0.361 e. The molecule has 5 rings (SSSR count). The van der Waals surface area contributed by atoms with E-state index in [-0.39, 0.29) is 5.91 Å². The fourth-order valence-electron chi connectivity index (χ4n) is 4.02. The molecule has 2 aliphatic carbocycles. The molecule has 26 heavy (non-hydrogen) atoms. The number of hydrogen-bond acceptors (Lipinski definition) is 2. The molecule has 0 aliphatic heterocycles. The quantitative estimate of drug-likeness (QED) is 0.768. The Hall–Kier alpha value is -2.62. The van der Waals surface area contributed by atoms with Crippen molar-refractivity contribution in [3.8, 4) is 0 Å². The highest BCUT2D eigenvalue weighted by Crippen LogP contribution is 2.31. The summed E-state index contributed by atoms with van der Waals surface area (Å²) in [5.74, 6) is 0.127. The highest BCUT2D eigenvalue weighted by molar-refractivity contribution is 5.94. The lowest BCUT2D eigenvalue weighted by molar-refractivity contribution is 0.0729. The van der Waals surface area contributed by atoms with Crippen LogP contribution in [0.4, 0.5) is 0 Å². The maximum atomic E-state index is 13.2. The van der Waals surface area contributed by atoms with Crippen molar-refractivity contribution in [2.24, 2.45) is 0 Å². The number of carbonyl (C=O) groups excluding carboxylic acids is 1. The smallest absolute Gasteiger partial charge is 0.255 e. The molecule has 2 aromatic heterocycles. The molecule has 2 heterocycles. The van der Waals surface area contributed by atoms with E-state index < -0.39 is 0 Å². The number of pyridine rings is 1. The van der Waals surface area contributed by atoms with Crippen LogP contribution in [0, 0.1) is 0 Å². The lowest BCUT2D eigenvalue weighted by Gasteiger charge is -2.24. The normalized spacial score (nSPS) is 16.5. The molecular weight excluding hydrogens is 322 g/mol. The summed E-state index contributed by atoms with van der Waals surface area (Å²) < 4.78 is 0. The maximum absolute atomic E-state index is 13.2. The van der Waals surface area contributed by atoms with E-state index in [1.807, 2.05) is 11.1 Å². The van der Waals surface area contributed by atoms with Gasteiger partial charge in [-0.15, -0.1) is 0 Å². The van der Waals surface area contributed by atoms with Gasteiger partial charge < -0.3 is 9.88 Å². The first-order valence-electron chi connectivity index (χ1n) is 9.63. The number of fused-ring (bicyclic) bond motifs is 2. The number of H-pyrrole nitrogens is 1. The molecule has 132 valence electrons. The molecule has 3 aromatic rings. The van der Waals surface area contributed by atoms with Gasteiger partial charge in [0.15, 0.2) is 0 Å². The van der Waals surface area contributed by atoms with Crippen LogP contribution in [0.25, 0.3) is 10.9 Å². The largest absolute Gasteiger partial charge is 0.361 e. The van der Waals surface area contributed by atoms with Crippen LogP contribution < -0.4 is 0 Å². The predicted molar refractivity (Wildman–Crippen MR) is 102 cm³/mol. The fraction of sp³-hybridized carbons (Fsp3) is 0.364. The predicted octanol–water partition coefficient (Wildman–Crippen LogP) is 4.25. The van der Waals surface area contributed by atoms with E-state index in [0.717, 1.165) is 36.8 Å². The number of aromatic amines is 1. The second-order valence-electron chi connectivity index (χ2n) is 7.60. The maximum Gasteiger partial charge on any atom is 0.255 e. The lowest BCUT2D eigenvalue weighted by Crippen LogP contribution is -2.33. The third-order valence-corrected chi connectivity index (χ3v) is 5.64. The van der Waals surface area contributed by atoms with Crippen molar-refractivity contribution in [1.29, 1.82) is 0 Å². The van der Waals surface area contributed by atoms with Crippen LogP contribution in [-0.4, -0.2) is 26.8 Å². The highest BCUT2D eigenvalue weighted by atomic mass is 16.2. The second kappa shape index (κ2) is 6.27. The number of aromatic nitrogens is 2. The third kappa shape index (κ3) is 2.90. The van der Waals surface area contributed by atoms with E-state index in [9.17, 15) is 4.79 Å². The van der Waals surface area contributed by atoms with Gasteiger partial charge in [-0.1, -0.05) is 6.07 Å². The molecule has 0 bridgehead atoms. The first-order chi connectivity index (χ1) is 12.8. The molecule has 0 atom stereocenters. The number of benzene rings is 1. The van der Waals surface area contributed by atoms with Crippen molar-refractivity contribution in [3.63, 3.8) is 0 Å². The summed E-state index contributed by atoms with van der Waals surface area (Å²) in [6.45, 7) is 0.668. The van der Waals surface area contributed by atoms with Gasteiger partial charge in [0.2, 0.25) is 0 Å². The zero-order valence-corrected chi connectivity index (χ0v) is 14.9. The molecule has 0 unspecified atom stereocenters. The summed E-state index contributed by atoms with van der Waals surface area (Å²) in [6, 6.07) is 10.9. The van der Waals surface area contributed by atoms with Gasteiger partial charge in [0.25, 0.3) is 5.91 Å². The Balaban J connectivity index is 1.42. The summed E-state index contributed by atoms with van der Waals surface area (Å²) >= 11 is 0. The van der Waals surface area contributed by atoms with Crippen molar-refractivity contribution >= 4 is 16.8 Å². The molecule has 4 nitrogen and oxygen atoms in total. The van der Waals surface area contributed by atoms with Crippen LogP contribution in [0.5, 0.6) is 0 Å². The molecule has 0 saturated heterocycles. The third-order valence-electron chi connectivity index (χ3n) is 5.64. The Labute approximate surface area is 153 Å². The molecule has 1 saturated carbocycles. The van der Waals surface area contributed by atoms with E-state index in [4.69, 9.17) is 0 Å². The minimum absolute atomic E-state index is 0.127. The Morgan fingerprint density at radius 2 is 2.04 bits per heavy atom. The zero-order valence-electron chi connectivity index (χ0n) is 14.9. The molecule has 0 radical (unpaired) electrons. The molecule has 4 heteroatoms. The van der Waals surface area contributed by atoms with Crippen molar-refractivity contribution in [2.45, 2.75) is 51.1 Å². The molecule has 1 amide bonds. The van der Waals surface area contributed by atoms with Gasteiger partial charge in [-0.2, -0.15) is 0 Å². The Bertz CT molecular complexity index is 970. The van der Waals surface area contributed by atoms with Crippen molar-refractivity contribution in [1.82, 2.24) is 14.9 Å². The van der Waals surface area contributed by atoms with Gasteiger partial charge in [-0.05, 0) is 79.3 Å². The van der Waals surface area contributed by atoms with Gasteiger partial charge in [-0.3, -0.25) is 9.78 Å². The SMILES string of the molecule is O=C(c1cnc2c(c1)CCCC2)N(Cc1ccc2[nH]ccc2c1)C1CC1. The monoisotopic (exact) mass is 345 g/mol. The second-order valence-corrected chi connectivity index (χ2v) is 7.60. The minimum atomic E-state index is 0.127. The van der Waals surface area contributed by atoms with Crippen LogP contribution in [0.3, 0.4) is 0 Å². The van der Waals surface area contributed by atoms with Crippen LogP contribution in [0.2, 0.25) is 0 Å². The van der Waals surface area contributed by atoms with Gasteiger partial charge in [-0.25, -0.2) is 0 Å². The van der Waals surface area contributed by atoms with Gasteiger partial charge in [0, 0.05) is 36.2 Å². The number of nitrogens with one attached hydrogen (secondary N) is 1. The van der Waals surface area contributed by atoms with Crippen molar-refractivity contribution < 1.29 is 4.79 Å². The van der Waals surface area contributed by atoms with Crippen LogP contribution >= 0.6 is 0 Å². The first-order valence-corrected chi connectivity index (χ1v) is 9.63. The van der Waals surface area contributed by atoms with Crippen LogP contribution in [0.15, 0.2) is 42.7 Å². The van der Waals surface area contributed by atoms with E-state index in [1.54, 1.807) is 6.20 Å². The van der Waals surface area contributed by atoms with Gasteiger partial charge in [0.05, 0.1) is 5.56 Å². The van der Waals surface area contributed by atoms with Crippen LogP contribution in [0.1, 0.15) is 52.9 Å². The number of rotatable bonds is 4. The van der Waals surface area contributed by atoms with E-state index in [1.165, 1.54) is 35.0 Å². The molecule has 1 fully saturated rings. The van der Waals surface area contributed by atoms with E-state index >= 15 is 0 Å².